The lowest BCUT2D eigenvalue weighted by atomic mass is 10.2. The molecule has 0 aliphatic heterocycles. The van der Waals surface area contributed by atoms with Crippen LogP contribution in [0.3, 0.4) is 0 Å². The van der Waals surface area contributed by atoms with E-state index < -0.39 is 0 Å². The zero-order valence-electron chi connectivity index (χ0n) is 12.0. The first-order chi connectivity index (χ1) is 10.4. The summed E-state index contributed by atoms with van der Waals surface area (Å²) in [6.07, 6.45) is 0.0304. The Hall–Kier alpha value is -1.42. The third-order valence-corrected chi connectivity index (χ3v) is 3.76. The molecular formula is C16H14Cl3NO2. The maximum Gasteiger partial charge on any atom is 0.255 e. The Bertz CT molecular complexity index is 702. The number of ether oxygens (including phenoxy) is 1. The quantitative estimate of drug-likeness (QED) is 0.713. The SMILES string of the molecule is CC(C)Oc1cccc(C(=O)Nc2cc(Cl)c(Cl)cc2Cl)c1. The van der Waals surface area contributed by atoms with Crippen LogP contribution in [0.4, 0.5) is 5.69 Å². The molecular weight excluding hydrogens is 345 g/mol. The van der Waals surface area contributed by atoms with Crippen LogP contribution in [-0.2, 0) is 0 Å². The highest BCUT2D eigenvalue weighted by Crippen LogP contribution is 2.32. The molecule has 0 aliphatic rings. The van der Waals surface area contributed by atoms with Crippen LogP contribution in [0.15, 0.2) is 36.4 Å². The van der Waals surface area contributed by atoms with Gasteiger partial charge in [0, 0.05) is 5.56 Å². The summed E-state index contributed by atoms with van der Waals surface area (Å²) in [5.41, 5.74) is 0.858. The predicted octanol–water partition coefficient (Wildman–Crippen LogP) is 5.69. The van der Waals surface area contributed by atoms with Gasteiger partial charge in [-0.2, -0.15) is 0 Å². The molecule has 3 nitrogen and oxygen atoms in total. The van der Waals surface area contributed by atoms with Crippen molar-refractivity contribution in [3.8, 4) is 5.75 Å². The first-order valence-corrected chi connectivity index (χ1v) is 7.73. The average molecular weight is 359 g/mol. The minimum absolute atomic E-state index is 0.0304. The summed E-state index contributed by atoms with van der Waals surface area (Å²) in [7, 11) is 0. The van der Waals surface area contributed by atoms with Crippen molar-refractivity contribution >= 4 is 46.4 Å². The van der Waals surface area contributed by atoms with Crippen molar-refractivity contribution in [3.05, 3.63) is 57.0 Å². The molecule has 0 aliphatic carbocycles. The Morgan fingerprint density at radius 3 is 2.41 bits per heavy atom. The van der Waals surface area contributed by atoms with Crippen molar-refractivity contribution in [3.63, 3.8) is 0 Å². The summed E-state index contributed by atoms with van der Waals surface area (Å²) in [4.78, 5) is 12.3. The molecule has 2 aromatic carbocycles. The van der Waals surface area contributed by atoms with Crippen molar-refractivity contribution < 1.29 is 9.53 Å². The molecule has 0 saturated heterocycles. The van der Waals surface area contributed by atoms with Gasteiger partial charge in [-0.15, -0.1) is 0 Å². The lowest BCUT2D eigenvalue weighted by molar-refractivity contribution is 0.102. The second-order valence-corrected chi connectivity index (χ2v) is 6.12. The summed E-state index contributed by atoms with van der Waals surface area (Å²) >= 11 is 17.8. The Kier molecular flexibility index (Phi) is 5.57. The maximum atomic E-state index is 12.3. The van der Waals surface area contributed by atoms with Crippen molar-refractivity contribution in [2.75, 3.05) is 5.32 Å². The zero-order valence-corrected chi connectivity index (χ0v) is 14.3. The van der Waals surface area contributed by atoms with E-state index in [4.69, 9.17) is 39.5 Å². The molecule has 0 aromatic heterocycles. The number of anilines is 1. The summed E-state index contributed by atoms with van der Waals surface area (Å²) < 4.78 is 5.57. The number of carbonyl (C=O) groups is 1. The van der Waals surface area contributed by atoms with E-state index in [1.165, 1.54) is 12.1 Å². The van der Waals surface area contributed by atoms with Gasteiger partial charge in [0.2, 0.25) is 0 Å². The van der Waals surface area contributed by atoms with Crippen LogP contribution in [0.25, 0.3) is 0 Å². The zero-order chi connectivity index (χ0) is 16.3. The van der Waals surface area contributed by atoms with Gasteiger partial charge in [0.1, 0.15) is 5.75 Å². The molecule has 0 radical (unpaired) electrons. The van der Waals surface area contributed by atoms with Crippen molar-refractivity contribution in [2.45, 2.75) is 20.0 Å². The summed E-state index contributed by atoms with van der Waals surface area (Å²) in [6.45, 7) is 3.84. The molecule has 116 valence electrons. The van der Waals surface area contributed by atoms with E-state index in [0.717, 1.165) is 0 Å². The number of hydrogen-bond donors (Lipinski definition) is 1. The molecule has 0 spiro atoms. The number of nitrogens with one attached hydrogen (secondary N) is 1. The largest absolute Gasteiger partial charge is 0.491 e. The van der Waals surface area contributed by atoms with Crippen LogP contribution in [0.5, 0.6) is 5.75 Å². The average Bonchev–Trinajstić information content (AvgIpc) is 2.44. The second kappa shape index (κ2) is 7.23. The van der Waals surface area contributed by atoms with E-state index in [1.54, 1.807) is 24.3 Å². The molecule has 0 unspecified atom stereocenters. The molecule has 1 N–H and O–H groups in total. The lowest BCUT2D eigenvalue weighted by Gasteiger charge is -2.12. The van der Waals surface area contributed by atoms with E-state index >= 15 is 0 Å². The third-order valence-electron chi connectivity index (χ3n) is 2.73. The third kappa shape index (κ3) is 4.29. The van der Waals surface area contributed by atoms with Crippen LogP contribution >= 0.6 is 34.8 Å². The van der Waals surface area contributed by atoms with Gasteiger partial charge in [0.25, 0.3) is 5.91 Å². The lowest BCUT2D eigenvalue weighted by Crippen LogP contribution is -2.13. The van der Waals surface area contributed by atoms with E-state index in [-0.39, 0.29) is 12.0 Å². The van der Waals surface area contributed by atoms with Crippen molar-refractivity contribution in [1.29, 1.82) is 0 Å². The molecule has 2 rings (SSSR count). The second-order valence-electron chi connectivity index (χ2n) is 4.89. The van der Waals surface area contributed by atoms with Crippen molar-refractivity contribution in [2.24, 2.45) is 0 Å². The maximum absolute atomic E-state index is 12.3. The minimum Gasteiger partial charge on any atom is -0.491 e. The highest BCUT2D eigenvalue weighted by atomic mass is 35.5. The van der Waals surface area contributed by atoms with Gasteiger partial charge in [0.05, 0.1) is 26.9 Å². The van der Waals surface area contributed by atoms with Gasteiger partial charge in [-0.25, -0.2) is 0 Å². The Balaban J connectivity index is 2.21. The van der Waals surface area contributed by atoms with Crippen LogP contribution < -0.4 is 10.1 Å². The predicted molar refractivity (Wildman–Crippen MR) is 91.6 cm³/mol. The van der Waals surface area contributed by atoms with Crippen LogP contribution in [0, 0.1) is 0 Å². The molecule has 2 aromatic rings. The van der Waals surface area contributed by atoms with Crippen LogP contribution in [-0.4, -0.2) is 12.0 Å². The van der Waals surface area contributed by atoms with Crippen molar-refractivity contribution in [1.82, 2.24) is 0 Å². The van der Waals surface area contributed by atoms with E-state index in [9.17, 15) is 4.79 Å². The fourth-order valence-corrected chi connectivity index (χ4v) is 2.39. The smallest absolute Gasteiger partial charge is 0.255 e. The highest BCUT2D eigenvalue weighted by molar-refractivity contribution is 6.44. The first kappa shape index (κ1) is 16.9. The Morgan fingerprint density at radius 1 is 1.05 bits per heavy atom. The fraction of sp³-hybridized carbons (Fsp3) is 0.188. The number of halogens is 3. The molecule has 0 heterocycles. The fourth-order valence-electron chi connectivity index (χ4n) is 1.80. The van der Waals surface area contributed by atoms with Gasteiger partial charge in [-0.05, 0) is 44.2 Å². The molecule has 0 atom stereocenters. The Labute approximate surface area is 144 Å². The highest BCUT2D eigenvalue weighted by Gasteiger charge is 2.12. The monoisotopic (exact) mass is 357 g/mol. The van der Waals surface area contributed by atoms with Gasteiger partial charge < -0.3 is 10.1 Å². The van der Waals surface area contributed by atoms with Gasteiger partial charge in [-0.3, -0.25) is 4.79 Å². The Morgan fingerprint density at radius 2 is 1.73 bits per heavy atom. The molecule has 22 heavy (non-hydrogen) atoms. The number of carbonyl (C=O) groups excluding carboxylic acids is 1. The standard InChI is InChI=1S/C16H14Cl3NO2/c1-9(2)22-11-5-3-4-10(6-11)16(21)20-15-8-13(18)12(17)7-14(15)19/h3-9H,1-2H3,(H,20,21). The van der Waals surface area contributed by atoms with Crippen LogP contribution in [0.1, 0.15) is 24.2 Å². The van der Waals surface area contributed by atoms with E-state index in [1.807, 2.05) is 13.8 Å². The molecule has 0 fully saturated rings. The molecule has 1 amide bonds. The molecule has 0 bridgehead atoms. The number of hydrogen-bond acceptors (Lipinski definition) is 2. The van der Waals surface area contributed by atoms with E-state index in [2.05, 4.69) is 5.32 Å². The van der Waals surface area contributed by atoms with Gasteiger partial charge in [0.15, 0.2) is 0 Å². The van der Waals surface area contributed by atoms with Crippen LogP contribution in [0.2, 0.25) is 15.1 Å². The van der Waals surface area contributed by atoms with Gasteiger partial charge in [-0.1, -0.05) is 40.9 Å². The number of benzene rings is 2. The first-order valence-electron chi connectivity index (χ1n) is 6.59. The van der Waals surface area contributed by atoms with E-state index in [0.29, 0.717) is 32.1 Å². The number of amides is 1. The summed E-state index contributed by atoms with van der Waals surface area (Å²) in [5, 5.41) is 3.67. The number of rotatable bonds is 4. The molecule has 0 saturated carbocycles. The topological polar surface area (TPSA) is 38.3 Å². The summed E-state index contributed by atoms with van der Waals surface area (Å²) in [5.74, 6) is 0.317. The normalized spacial score (nSPS) is 10.6. The van der Waals surface area contributed by atoms with Gasteiger partial charge >= 0.3 is 0 Å². The molecule has 6 heteroatoms. The summed E-state index contributed by atoms with van der Waals surface area (Å²) in [6, 6.07) is 9.90. The minimum atomic E-state index is -0.311.